The van der Waals surface area contributed by atoms with Crippen molar-refractivity contribution in [3.05, 3.63) is 58.0 Å². The number of rotatable bonds is 3. The molecule has 0 aliphatic carbocycles. The highest BCUT2D eigenvalue weighted by Gasteiger charge is 2.18. The molecule has 2 aromatic heterocycles. The molecule has 1 N–H and O–H groups in total. The number of hydrogen-bond donors (Lipinski definition) is 1. The van der Waals surface area contributed by atoms with Gasteiger partial charge in [0, 0.05) is 25.1 Å². The van der Waals surface area contributed by atoms with E-state index in [9.17, 15) is 5.11 Å². The van der Waals surface area contributed by atoms with Crippen LogP contribution in [0.5, 0.6) is 0 Å². The van der Waals surface area contributed by atoms with Crippen LogP contribution < -0.4 is 0 Å². The fourth-order valence-electron chi connectivity index (χ4n) is 2.39. The van der Waals surface area contributed by atoms with E-state index < -0.39 is 6.10 Å². The molecule has 108 valence electrons. The van der Waals surface area contributed by atoms with Crippen LogP contribution in [0.15, 0.2) is 36.5 Å². The highest BCUT2D eigenvalue weighted by atomic mass is 35.5. The molecule has 0 saturated heterocycles. The molecule has 2 heterocycles. The lowest BCUT2D eigenvalue weighted by molar-refractivity contribution is 0.172. The highest BCUT2D eigenvalue weighted by molar-refractivity contribution is 6.34. The molecule has 0 radical (unpaired) electrons. The molecule has 21 heavy (non-hydrogen) atoms. The number of fused-ring (bicyclic) bond motifs is 1. The zero-order valence-electron chi connectivity index (χ0n) is 11.3. The van der Waals surface area contributed by atoms with Gasteiger partial charge in [-0.15, -0.1) is 0 Å². The number of aliphatic hydroxyl groups excluding tert-OH is 1. The number of aryl methyl sites for hydroxylation is 1. The summed E-state index contributed by atoms with van der Waals surface area (Å²) in [5.41, 5.74) is 2.25. The molecule has 6 heteroatoms. The largest absolute Gasteiger partial charge is 0.386 e. The van der Waals surface area contributed by atoms with Crippen LogP contribution in [-0.4, -0.2) is 19.9 Å². The average Bonchev–Trinajstić information content (AvgIpc) is 2.76. The summed E-state index contributed by atoms with van der Waals surface area (Å²) in [4.78, 5) is 4.11. The Balaban J connectivity index is 1.94. The van der Waals surface area contributed by atoms with E-state index in [0.717, 1.165) is 16.6 Å². The van der Waals surface area contributed by atoms with E-state index in [-0.39, 0.29) is 0 Å². The van der Waals surface area contributed by atoms with Crippen LogP contribution >= 0.6 is 23.2 Å². The lowest BCUT2D eigenvalue weighted by atomic mass is 10.1. The summed E-state index contributed by atoms with van der Waals surface area (Å²) in [6, 6.07) is 9.47. The van der Waals surface area contributed by atoms with Crippen molar-refractivity contribution in [1.29, 1.82) is 0 Å². The lowest BCUT2D eigenvalue weighted by Crippen LogP contribution is -2.06. The maximum Gasteiger partial charge on any atom is 0.103 e. The summed E-state index contributed by atoms with van der Waals surface area (Å²) < 4.78 is 1.80. The van der Waals surface area contributed by atoms with Gasteiger partial charge in [-0.2, -0.15) is 5.10 Å². The summed E-state index contributed by atoms with van der Waals surface area (Å²) in [5.74, 6) is 0. The van der Waals surface area contributed by atoms with Gasteiger partial charge >= 0.3 is 0 Å². The van der Waals surface area contributed by atoms with Gasteiger partial charge in [-0.3, -0.25) is 9.67 Å². The molecule has 1 unspecified atom stereocenters. The number of aliphatic hydroxyl groups is 1. The van der Waals surface area contributed by atoms with Crippen molar-refractivity contribution < 1.29 is 5.11 Å². The van der Waals surface area contributed by atoms with E-state index in [1.807, 2.05) is 31.3 Å². The summed E-state index contributed by atoms with van der Waals surface area (Å²) >= 11 is 11.9. The van der Waals surface area contributed by atoms with Crippen LogP contribution in [0.3, 0.4) is 0 Å². The second kappa shape index (κ2) is 5.64. The Morgan fingerprint density at radius 3 is 2.81 bits per heavy atom. The van der Waals surface area contributed by atoms with Crippen molar-refractivity contribution in [1.82, 2.24) is 14.8 Å². The first kappa shape index (κ1) is 14.3. The van der Waals surface area contributed by atoms with Gasteiger partial charge in [-0.05, 0) is 12.1 Å². The van der Waals surface area contributed by atoms with E-state index in [1.54, 1.807) is 10.7 Å². The normalized spacial score (nSPS) is 12.8. The number of para-hydroxylation sites is 1. The fourth-order valence-corrected chi connectivity index (χ4v) is 2.90. The first-order valence-electron chi connectivity index (χ1n) is 6.46. The Morgan fingerprint density at radius 1 is 1.29 bits per heavy atom. The van der Waals surface area contributed by atoms with Crippen LogP contribution in [-0.2, 0) is 13.5 Å². The molecule has 0 aliphatic rings. The summed E-state index contributed by atoms with van der Waals surface area (Å²) in [6.07, 6.45) is 0.992. The molecule has 0 spiro atoms. The third-order valence-corrected chi connectivity index (χ3v) is 3.88. The van der Waals surface area contributed by atoms with E-state index in [4.69, 9.17) is 23.2 Å². The minimum Gasteiger partial charge on any atom is -0.386 e. The SMILES string of the molecule is Cn1nc(CC(O)c2ncc(Cl)cc2Cl)c2ccccc21. The van der Waals surface area contributed by atoms with Gasteiger partial charge in [-0.1, -0.05) is 41.4 Å². The standard InChI is InChI=1S/C15H13Cl2N3O/c1-20-13-5-3-2-4-10(13)12(19-20)7-14(21)15-11(17)6-9(16)8-18-15/h2-6,8,14,21H,7H2,1H3. The molecule has 0 aliphatic heterocycles. The summed E-state index contributed by atoms with van der Waals surface area (Å²) in [5, 5.41) is 16.7. The molecule has 4 nitrogen and oxygen atoms in total. The van der Waals surface area contributed by atoms with Crippen LogP contribution in [0.4, 0.5) is 0 Å². The molecule has 3 rings (SSSR count). The Labute approximate surface area is 131 Å². The topological polar surface area (TPSA) is 50.9 Å². The minimum absolute atomic E-state index is 0.343. The Hall–Kier alpha value is -1.62. The third-order valence-electron chi connectivity index (χ3n) is 3.37. The molecular weight excluding hydrogens is 309 g/mol. The van der Waals surface area contributed by atoms with Gasteiger partial charge in [0.25, 0.3) is 0 Å². The quantitative estimate of drug-likeness (QED) is 0.802. The van der Waals surface area contributed by atoms with Crippen LogP contribution in [0, 0.1) is 0 Å². The van der Waals surface area contributed by atoms with Crippen molar-refractivity contribution in [2.75, 3.05) is 0 Å². The summed E-state index contributed by atoms with van der Waals surface area (Å²) in [7, 11) is 1.88. The van der Waals surface area contributed by atoms with Crippen molar-refractivity contribution in [2.24, 2.45) is 7.05 Å². The van der Waals surface area contributed by atoms with Gasteiger partial charge < -0.3 is 5.11 Å². The maximum atomic E-state index is 10.4. The first-order valence-corrected chi connectivity index (χ1v) is 7.21. The fraction of sp³-hybridized carbons (Fsp3) is 0.200. The van der Waals surface area contributed by atoms with Crippen molar-refractivity contribution in [3.8, 4) is 0 Å². The minimum atomic E-state index is -0.826. The lowest BCUT2D eigenvalue weighted by Gasteiger charge is -2.10. The third kappa shape index (κ3) is 2.75. The summed E-state index contributed by atoms with van der Waals surface area (Å²) in [6.45, 7) is 0. The smallest absolute Gasteiger partial charge is 0.103 e. The first-order chi connectivity index (χ1) is 10.1. The van der Waals surface area contributed by atoms with Crippen LogP contribution in [0.1, 0.15) is 17.5 Å². The average molecular weight is 322 g/mol. The molecule has 0 amide bonds. The van der Waals surface area contributed by atoms with Crippen molar-refractivity contribution >= 4 is 34.1 Å². The number of halogens is 2. The molecule has 0 bridgehead atoms. The Kier molecular flexibility index (Phi) is 3.85. The van der Waals surface area contributed by atoms with Gasteiger partial charge in [0.05, 0.1) is 26.9 Å². The molecule has 1 aromatic carbocycles. The number of nitrogens with zero attached hydrogens (tertiary/aromatic N) is 3. The monoisotopic (exact) mass is 321 g/mol. The predicted octanol–water partition coefficient (Wildman–Crippen LogP) is 3.55. The second-order valence-corrected chi connectivity index (χ2v) is 5.67. The number of aromatic nitrogens is 3. The molecule has 0 saturated carbocycles. The van der Waals surface area contributed by atoms with Gasteiger partial charge in [0.15, 0.2) is 0 Å². The van der Waals surface area contributed by atoms with Crippen LogP contribution in [0.2, 0.25) is 10.0 Å². The Morgan fingerprint density at radius 2 is 2.05 bits per heavy atom. The molecule has 1 atom stereocenters. The zero-order valence-corrected chi connectivity index (χ0v) is 12.8. The zero-order chi connectivity index (χ0) is 15.0. The van der Waals surface area contributed by atoms with Gasteiger partial charge in [0.1, 0.15) is 6.10 Å². The van der Waals surface area contributed by atoms with E-state index >= 15 is 0 Å². The maximum absolute atomic E-state index is 10.4. The van der Waals surface area contributed by atoms with Crippen molar-refractivity contribution in [2.45, 2.75) is 12.5 Å². The number of benzene rings is 1. The van der Waals surface area contributed by atoms with Crippen molar-refractivity contribution in [3.63, 3.8) is 0 Å². The van der Waals surface area contributed by atoms with Crippen LogP contribution in [0.25, 0.3) is 10.9 Å². The van der Waals surface area contributed by atoms with E-state index in [2.05, 4.69) is 10.1 Å². The van der Waals surface area contributed by atoms with E-state index in [1.165, 1.54) is 6.20 Å². The highest BCUT2D eigenvalue weighted by Crippen LogP contribution is 2.28. The Bertz CT molecular complexity index is 801. The number of pyridine rings is 1. The molecule has 0 fully saturated rings. The second-order valence-electron chi connectivity index (χ2n) is 4.83. The molecule has 3 aromatic rings. The number of hydrogen-bond acceptors (Lipinski definition) is 3. The van der Waals surface area contributed by atoms with Gasteiger partial charge in [0.2, 0.25) is 0 Å². The molecular formula is C15H13Cl2N3O. The predicted molar refractivity (Wildman–Crippen MR) is 83.6 cm³/mol. The van der Waals surface area contributed by atoms with Gasteiger partial charge in [-0.25, -0.2) is 0 Å². The van der Waals surface area contributed by atoms with E-state index in [0.29, 0.717) is 22.2 Å².